The van der Waals surface area contributed by atoms with Crippen LogP contribution in [0.4, 0.5) is 5.69 Å². The molecular formula is C25H20N4O2S. The van der Waals surface area contributed by atoms with Crippen LogP contribution in [-0.2, 0) is 11.3 Å². The summed E-state index contributed by atoms with van der Waals surface area (Å²) in [4.78, 5) is 29.9. The first kappa shape index (κ1) is 20.1. The second-order valence-electron chi connectivity index (χ2n) is 7.71. The smallest absolute Gasteiger partial charge is 0.275 e. The van der Waals surface area contributed by atoms with Gasteiger partial charge in [0.1, 0.15) is 11.6 Å². The summed E-state index contributed by atoms with van der Waals surface area (Å²) >= 11 is 1.65. The molecule has 0 fully saturated rings. The molecule has 0 unspecified atom stereocenters. The summed E-state index contributed by atoms with van der Waals surface area (Å²) in [7, 11) is 0. The quantitative estimate of drug-likeness (QED) is 0.430. The first-order chi connectivity index (χ1) is 15.5. The van der Waals surface area contributed by atoms with Gasteiger partial charge in [-0.3, -0.25) is 9.59 Å². The molecule has 2 aromatic heterocycles. The minimum atomic E-state index is -0.308. The van der Waals surface area contributed by atoms with Gasteiger partial charge in [-0.2, -0.15) is 5.10 Å². The van der Waals surface area contributed by atoms with E-state index < -0.39 is 0 Å². The van der Waals surface area contributed by atoms with Crippen LogP contribution >= 0.6 is 11.3 Å². The van der Waals surface area contributed by atoms with E-state index in [1.807, 2.05) is 55.5 Å². The number of fused-ring (bicyclic) bond motifs is 2. The van der Waals surface area contributed by atoms with Crippen molar-refractivity contribution in [1.82, 2.24) is 14.8 Å². The molecule has 5 rings (SSSR count). The Hall–Kier alpha value is -3.84. The largest absolute Gasteiger partial charge is 0.324 e. The fraction of sp³-hybridized carbons (Fsp3) is 0.120. The number of thiazole rings is 1. The van der Waals surface area contributed by atoms with Crippen LogP contribution in [-0.4, -0.2) is 20.7 Å². The Labute approximate surface area is 188 Å². The third-order valence-corrected chi connectivity index (χ3v) is 6.37. The molecule has 0 saturated carbocycles. The molecule has 5 aromatic rings. The second-order valence-corrected chi connectivity index (χ2v) is 8.74. The van der Waals surface area contributed by atoms with E-state index in [9.17, 15) is 9.59 Å². The molecule has 0 radical (unpaired) electrons. The maximum absolute atomic E-state index is 12.7. The molecule has 0 aliphatic rings. The maximum Gasteiger partial charge on any atom is 0.275 e. The Morgan fingerprint density at radius 3 is 2.53 bits per heavy atom. The van der Waals surface area contributed by atoms with E-state index in [1.165, 1.54) is 10.2 Å². The summed E-state index contributed by atoms with van der Waals surface area (Å²) < 4.78 is 2.37. The summed E-state index contributed by atoms with van der Waals surface area (Å²) in [6.07, 6.45) is 0. The predicted molar refractivity (Wildman–Crippen MR) is 129 cm³/mol. The molecule has 0 aliphatic carbocycles. The van der Waals surface area contributed by atoms with Gasteiger partial charge in [-0.1, -0.05) is 24.3 Å². The summed E-state index contributed by atoms with van der Waals surface area (Å²) in [5.74, 6) is -0.308. The second kappa shape index (κ2) is 8.01. The van der Waals surface area contributed by atoms with Gasteiger partial charge in [-0.05, 0) is 61.9 Å². The van der Waals surface area contributed by atoms with Crippen molar-refractivity contribution in [3.8, 4) is 10.6 Å². The fourth-order valence-corrected chi connectivity index (χ4v) is 4.77. The molecule has 0 atom stereocenters. The summed E-state index contributed by atoms with van der Waals surface area (Å²) in [5, 5.41) is 9.44. The normalized spacial score (nSPS) is 11.2. The van der Waals surface area contributed by atoms with Gasteiger partial charge in [0.15, 0.2) is 0 Å². The highest BCUT2D eigenvalue weighted by molar-refractivity contribution is 7.21. The number of nitrogens with zero attached hydrogens (tertiary/aromatic N) is 3. The van der Waals surface area contributed by atoms with Gasteiger partial charge in [0, 0.05) is 16.6 Å². The van der Waals surface area contributed by atoms with Crippen molar-refractivity contribution in [2.45, 2.75) is 20.4 Å². The molecular weight excluding hydrogens is 420 g/mol. The van der Waals surface area contributed by atoms with Gasteiger partial charge in [-0.15, -0.1) is 11.3 Å². The van der Waals surface area contributed by atoms with E-state index >= 15 is 0 Å². The van der Waals surface area contributed by atoms with Crippen LogP contribution in [0.15, 0.2) is 71.5 Å². The van der Waals surface area contributed by atoms with Crippen LogP contribution in [0.2, 0.25) is 0 Å². The van der Waals surface area contributed by atoms with Crippen molar-refractivity contribution < 1.29 is 4.79 Å². The molecule has 1 N–H and O–H groups in total. The molecule has 32 heavy (non-hydrogen) atoms. The van der Waals surface area contributed by atoms with E-state index in [-0.39, 0.29) is 18.0 Å². The van der Waals surface area contributed by atoms with Gasteiger partial charge < -0.3 is 5.32 Å². The first-order valence-corrected chi connectivity index (χ1v) is 11.0. The molecule has 0 bridgehead atoms. The van der Waals surface area contributed by atoms with E-state index in [0.29, 0.717) is 16.8 Å². The van der Waals surface area contributed by atoms with Gasteiger partial charge >= 0.3 is 0 Å². The fourth-order valence-electron chi connectivity index (χ4n) is 3.70. The van der Waals surface area contributed by atoms with Crippen molar-refractivity contribution in [3.63, 3.8) is 0 Å². The number of nitrogens with one attached hydrogen (secondary N) is 1. The number of hydrogen-bond donors (Lipinski definition) is 1. The molecule has 3 aromatic carbocycles. The third-order valence-electron chi connectivity index (χ3n) is 5.31. The number of aryl methyl sites for hydroxylation is 2. The van der Waals surface area contributed by atoms with Crippen LogP contribution in [0, 0.1) is 13.8 Å². The van der Waals surface area contributed by atoms with Gasteiger partial charge in [-0.25, -0.2) is 9.67 Å². The zero-order chi connectivity index (χ0) is 22.2. The van der Waals surface area contributed by atoms with E-state index in [2.05, 4.69) is 29.5 Å². The number of benzene rings is 3. The third kappa shape index (κ3) is 3.78. The SMILES string of the molecule is Cc1ccc2nc(-c3ccc(NC(=O)Cn4nc(C)c5ccccc5c4=O)cc3)sc2c1. The summed E-state index contributed by atoms with van der Waals surface area (Å²) in [5.41, 5.74) is 4.27. The molecule has 2 heterocycles. The Morgan fingerprint density at radius 2 is 1.75 bits per heavy atom. The number of carbonyl (C=O) groups is 1. The Morgan fingerprint density at radius 1 is 1.00 bits per heavy atom. The number of hydrogen-bond acceptors (Lipinski definition) is 5. The minimum Gasteiger partial charge on any atom is -0.324 e. The Kier molecular flexibility index (Phi) is 5.03. The molecule has 0 saturated heterocycles. The lowest BCUT2D eigenvalue weighted by atomic mass is 10.1. The first-order valence-electron chi connectivity index (χ1n) is 10.2. The minimum absolute atomic E-state index is 0.149. The summed E-state index contributed by atoms with van der Waals surface area (Å²) in [6.45, 7) is 3.75. The number of rotatable bonds is 4. The Bertz CT molecular complexity index is 1530. The van der Waals surface area contributed by atoms with Gasteiger partial charge in [0.2, 0.25) is 5.91 Å². The topological polar surface area (TPSA) is 76.9 Å². The van der Waals surface area contributed by atoms with E-state index in [0.717, 1.165) is 26.2 Å². The van der Waals surface area contributed by atoms with Gasteiger partial charge in [0.05, 0.1) is 21.3 Å². The van der Waals surface area contributed by atoms with Crippen LogP contribution in [0.1, 0.15) is 11.3 Å². The Balaban J connectivity index is 1.33. The zero-order valence-electron chi connectivity index (χ0n) is 17.6. The van der Waals surface area contributed by atoms with Crippen LogP contribution in [0.5, 0.6) is 0 Å². The number of anilines is 1. The predicted octanol–water partition coefficient (Wildman–Crippen LogP) is 4.93. The number of aromatic nitrogens is 3. The lowest BCUT2D eigenvalue weighted by Gasteiger charge is -2.09. The average Bonchev–Trinajstić information content (AvgIpc) is 3.21. The van der Waals surface area contributed by atoms with Crippen LogP contribution in [0.25, 0.3) is 31.6 Å². The van der Waals surface area contributed by atoms with Crippen molar-refractivity contribution >= 4 is 43.9 Å². The molecule has 0 aliphatic heterocycles. The lowest BCUT2D eigenvalue weighted by Crippen LogP contribution is -2.30. The highest BCUT2D eigenvalue weighted by Crippen LogP contribution is 2.31. The van der Waals surface area contributed by atoms with E-state index in [4.69, 9.17) is 4.98 Å². The van der Waals surface area contributed by atoms with Crippen molar-refractivity contribution in [2.24, 2.45) is 0 Å². The van der Waals surface area contributed by atoms with Crippen LogP contribution in [0.3, 0.4) is 0 Å². The highest BCUT2D eigenvalue weighted by atomic mass is 32.1. The van der Waals surface area contributed by atoms with E-state index in [1.54, 1.807) is 17.4 Å². The monoisotopic (exact) mass is 440 g/mol. The highest BCUT2D eigenvalue weighted by Gasteiger charge is 2.12. The van der Waals surface area contributed by atoms with Crippen molar-refractivity contribution in [1.29, 1.82) is 0 Å². The molecule has 0 spiro atoms. The molecule has 7 heteroatoms. The number of amides is 1. The van der Waals surface area contributed by atoms with Gasteiger partial charge in [0.25, 0.3) is 5.56 Å². The molecule has 6 nitrogen and oxygen atoms in total. The standard InChI is InChI=1S/C25H20N4O2S/c1-15-7-12-21-22(13-15)32-24(27-21)17-8-10-18(11-9-17)26-23(30)14-29-25(31)20-6-4-3-5-19(20)16(2)28-29/h3-13H,14H2,1-2H3,(H,26,30). The van der Waals surface area contributed by atoms with Crippen LogP contribution < -0.4 is 10.9 Å². The molecule has 158 valence electrons. The zero-order valence-corrected chi connectivity index (χ0v) is 18.4. The average molecular weight is 441 g/mol. The lowest BCUT2D eigenvalue weighted by molar-refractivity contribution is -0.117. The number of carbonyl (C=O) groups excluding carboxylic acids is 1. The summed E-state index contributed by atoms with van der Waals surface area (Å²) in [6, 6.07) is 21.1. The van der Waals surface area contributed by atoms with Crippen molar-refractivity contribution in [2.75, 3.05) is 5.32 Å². The molecule has 1 amide bonds. The van der Waals surface area contributed by atoms with Crippen molar-refractivity contribution in [3.05, 3.63) is 88.3 Å². The maximum atomic E-state index is 12.7.